The minimum atomic E-state index is -1.23. The number of aliphatic carboxylic acids is 1. The number of carboxylic acids is 1. The number of methoxy groups -OCH3 is 1. The third-order valence-corrected chi connectivity index (χ3v) is 4.12. The first-order valence-electron chi connectivity index (χ1n) is 5.44. The molecule has 2 aromatic rings. The Labute approximate surface area is 127 Å². The monoisotopic (exact) mass is 480 g/mol. The number of halogens is 2. The van der Waals surface area contributed by atoms with Gasteiger partial charge < -0.3 is 0 Å². The molecule has 0 saturated heterocycles. The number of nitrogens with one attached hydrogen (secondary N) is 1. The third-order valence-electron chi connectivity index (χ3n) is 2.81. The van der Waals surface area contributed by atoms with Gasteiger partial charge in [0.1, 0.15) is 0 Å². The summed E-state index contributed by atoms with van der Waals surface area (Å²) in [6, 6.07) is -1.23. The summed E-state index contributed by atoms with van der Waals surface area (Å²) in [5, 5.41) is 14.8. The standard InChI is InChI=1S/C11H10AtF2N3O3/c1-20-10-6(12)7(13)5-4(2-3(15)11(18)19)16-17-9(5)8(10)14/h3H,2,15H2,1H3,(H,16,17)(H,18,19). The zero-order valence-electron chi connectivity index (χ0n) is 10.2. The summed E-state index contributed by atoms with van der Waals surface area (Å²) in [5.74, 6) is -2.90. The van der Waals surface area contributed by atoms with Gasteiger partial charge in [0.25, 0.3) is 0 Å². The van der Waals surface area contributed by atoms with Gasteiger partial charge in [0.05, 0.1) is 0 Å². The van der Waals surface area contributed by atoms with Crippen LogP contribution in [0.3, 0.4) is 0 Å². The predicted octanol–water partition coefficient (Wildman–Crippen LogP) is -0.0213. The molecule has 1 aromatic heterocycles. The summed E-state index contributed by atoms with van der Waals surface area (Å²) < 4.78 is 33.3. The van der Waals surface area contributed by atoms with Crippen LogP contribution in [-0.4, -0.2) is 34.4 Å². The molecule has 1 aromatic carbocycles. The van der Waals surface area contributed by atoms with Crippen LogP contribution in [0.4, 0.5) is 8.78 Å². The Morgan fingerprint density at radius 1 is 1.55 bits per heavy atom. The number of carbonyl (C=O) groups is 1. The van der Waals surface area contributed by atoms with Crippen molar-refractivity contribution in [1.29, 1.82) is 0 Å². The van der Waals surface area contributed by atoms with E-state index in [1.54, 1.807) is 0 Å². The van der Waals surface area contributed by atoms with E-state index in [9.17, 15) is 13.6 Å². The summed E-state index contributed by atoms with van der Waals surface area (Å²) >= 11 is 0.912. The van der Waals surface area contributed by atoms with Crippen molar-refractivity contribution >= 4 is 20.1 Å². The fourth-order valence-corrected chi connectivity index (χ4v) is 2.81. The Morgan fingerprint density at radius 2 is 2.20 bits per heavy atom. The van der Waals surface area contributed by atoms with Gasteiger partial charge in [-0.3, -0.25) is 0 Å². The van der Waals surface area contributed by atoms with Crippen LogP contribution < -0.4 is 13.7 Å². The molecule has 1 atom stereocenters. The van der Waals surface area contributed by atoms with E-state index < -0.39 is 23.6 Å². The number of H-pyrrole nitrogens is 1. The second-order valence-corrected chi connectivity index (χ2v) is 5.52. The van der Waals surface area contributed by atoms with E-state index in [2.05, 4.69) is 10.2 Å². The van der Waals surface area contributed by atoms with Crippen LogP contribution >= 0.6 is 0 Å². The van der Waals surface area contributed by atoms with Gasteiger partial charge in [0.15, 0.2) is 0 Å². The van der Waals surface area contributed by atoms with E-state index in [0.29, 0.717) is 0 Å². The summed E-state index contributed by atoms with van der Waals surface area (Å²) in [6.45, 7) is 0. The average Bonchev–Trinajstić information content (AvgIpc) is 2.81. The van der Waals surface area contributed by atoms with E-state index in [-0.39, 0.29) is 32.0 Å². The van der Waals surface area contributed by atoms with Crippen LogP contribution in [0.5, 0.6) is 5.75 Å². The van der Waals surface area contributed by atoms with Gasteiger partial charge in [-0.05, 0) is 0 Å². The minimum absolute atomic E-state index is 0.0454. The molecule has 0 aliphatic carbocycles. The molecule has 1 heterocycles. The summed E-state index contributed by atoms with van der Waals surface area (Å²) in [5.41, 5.74) is 5.31. The van der Waals surface area contributed by atoms with Crippen molar-refractivity contribution in [1.82, 2.24) is 10.2 Å². The van der Waals surface area contributed by atoms with E-state index in [1.165, 1.54) is 7.11 Å². The van der Waals surface area contributed by atoms with Crippen LogP contribution in [0.25, 0.3) is 10.9 Å². The van der Waals surface area contributed by atoms with Crippen molar-refractivity contribution < 1.29 is 48.1 Å². The molecule has 0 radical (unpaired) electrons. The first-order chi connectivity index (χ1) is 9.38. The van der Waals surface area contributed by atoms with Gasteiger partial charge in [0.2, 0.25) is 0 Å². The maximum atomic E-state index is 14.3. The van der Waals surface area contributed by atoms with E-state index >= 15 is 0 Å². The van der Waals surface area contributed by atoms with Crippen LogP contribution in [0.2, 0.25) is 0 Å². The van der Waals surface area contributed by atoms with Crippen molar-refractivity contribution in [3.05, 3.63) is 17.3 Å². The first kappa shape index (κ1) is 15.1. The summed E-state index contributed by atoms with van der Waals surface area (Å²) in [4.78, 5) is 10.7. The predicted molar refractivity (Wildman–Crippen MR) is 61.5 cm³/mol. The molecule has 6 nitrogen and oxygen atoms in total. The molecule has 0 amide bonds. The Balaban J connectivity index is 2.64. The van der Waals surface area contributed by atoms with Crippen molar-refractivity contribution in [3.63, 3.8) is 0 Å². The van der Waals surface area contributed by atoms with Gasteiger partial charge in [0, 0.05) is 0 Å². The van der Waals surface area contributed by atoms with Crippen molar-refractivity contribution in [2.24, 2.45) is 5.73 Å². The molecule has 0 fully saturated rings. The first-order valence-corrected chi connectivity index (χ1v) is 6.91. The quantitative estimate of drug-likeness (QED) is 0.572. The zero-order valence-corrected chi connectivity index (χ0v) is 13.1. The molecule has 4 N–H and O–H groups in total. The summed E-state index contributed by atoms with van der Waals surface area (Å²) in [7, 11) is 1.24. The Kier molecular flexibility index (Phi) is 4.20. The number of nitrogens with zero attached hydrogens (tertiary/aromatic N) is 1. The van der Waals surface area contributed by atoms with E-state index in [1.807, 2.05) is 0 Å². The van der Waals surface area contributed by atoms with E-state index in [0.717, 1.165) is 24.7 Å². The number of hydrogen-bond donors (Lipinski definition) is 3. The number of aromatic nitrogens is 2. The van der Waals surface area contributed by atoms with Crippen LogP contribution in [0, 0.1) is 36.4 Å². The number of aromatic amines is 1. The van der Waals surface area contributed by atoms with Gasteiger partial charge >= 0.3 is 127 Å². The SMILES string of the molecule is COc1c([At])c(F)c2c(CC(N)C(=O)O)[nH]nc2c1F. The Bertz CT molecular complexity index is 689. The zero-order chi connectivity index (χ0) is 15.0. The number of benzene rings is 1. The molecule has 0 bridgehead atoms. The van der Waals surface area contributed by atoms with Gasteiger partial charge in [-0.1, -0.05) is 0 Å². The second-order valence-electron chi connectivity index (χ2n) is 4.05. The molecule has 0 aliphatic rings. The molecule has 0 aliphatic heterocycles. The third kappa shape index (κ3) is 2.36. The van der Waals surface area contributed by atoms with Crippen LogP contribution in [0.1, 0.15) is 5.69 Å². The average molecular weight is 480 g/mol. The molecular weight excluding hydrogens is 470 g/mol. The number of carboxylic acid groups (broad SMARTS) is 1. The normalized spacial score (nSPS) is 12.7. The molecule has 1 unspecified atom stereocenters. The number of fused-ring (bicyclic) bond motifs is 1. The fraction of sp³-hybridized carbons (Fsp3) is 0.273. The second kappa shape index (κ2) is 5.57. The van der Waals surface area contributed by atoms with Gasteiger partial charge in [-0.25, -0.2) is 0 Å². The Hall–Kier alpha value is -1.34. The summed E-state index contributed by atoms with van der Waals surface area (Å²) in [6.07, 6.45) is -0.180. The fourth-order valence-electron chi connectivity index (χ4n) is 1.82. The van der Waals surface area contributed by atoms with Gasteiger partial charge in [-0.2, -0.15) is 0 Å². The molecule has 0 saturated carbocycles. The number of nitrogens with two attached hydrogens (primary N) is 1. The molecule has 0 spiro atoms. The Morgan fingerprint density at radius 3 is 2.75 bits per heavy atom. The number of rotatable bonds is 4. The van der Waals surface area contributed by atoms with E-state index in [4.69, 9.17) is 15.6 Å². The molecule has 2 rings (SSSR count). The maximum absolute atomic E-state index is 14.3. The molecule has 20 heavy (non-hydrogen) atoms. The van der Waals surface area contributed by atoms with Gasteiger partial charge in [-0.15, -0.1) is 0 Å². The molecular formula is C11H10AtF2N3O3. The van der Waals surface area contributed by atoms with Crippen LogP contribution in [0.15, 0.2) is 0 Å². The molecule has 108 valence electrons. The van der Waals surface area contributed by atoms with Crippen molar-refractivity contribution in [2.75, 3.05) is 7.11 Å². The van der Waals surface area contributed by atoms with Crippen LogP contribution in [-0.2, 0) is 11.2 Å². The number of hydrogen-bond acceptors (Lipinski definition) is 4. The topological polar surface area (TPSA) is 101 Å². The number of ether oxygens (including phenoxy) is 1. The van der Waals surface area contributed by atoms with Crippen molar-refractivity contribution in [3.8, 4) is 5.75 Å². The van der Waals surface area contributed by atoms with Crippen molar-refractivity contribution in [2.45, 2.75) is 12.5 Å². The molecule has 9 heteroatoms.